The highest BCUT2D eigenvalue weighted by atomic mass is 16.1. The fraction of sp³-hybridized carbons (Fsp3) is 0.545. The lowest BCUT2D eigenvalue weighted by Gasteiger charge is -2.15. The number of hydrogen-bond donors (Lipinski definition) is 0. The van der Waals surface area contributed by atoms with Gasteiger partial charge in [0.2, 0.25) is 5.56 Å². The van der Waals surface area contributed by atoms with Gasteiger partial charge in [-0.05, 0) is 24.8 Å². The van der Waals surface area contributed by atoms with Crippen LogP contribution in [-0.4, -0.2) is 4.57 Å². The summed E-state index contributed by atoms with van der Waals surface area (Å²) >= 11 is 0. The van der Waals surface area contributed by atoms with Crippen molar-refractivity contribution in [2.45, 2.75) is 32.6 Å². The molecule has 0 saturated carbocycles. The smallest absolute Gasteiger partial charge is 0.250 e. The maximum Gasteiger partial charge on any atom is 0.250 e. The minimum atomic E-state index is 0.0874. The lowest BCUT2D eigenvalue weighted by atomic mass is 9.98. The van der Waals surface area contributed by atoms with Gasteiger partial charge >= 0.3 is 0 Å². The zero-order chi connectivity index (χ0) is 9.84. The van der Waals surface area contributed by atoms with Crippen LogP contribution in [0.5, 0.6) is 0 Å². The molecule has 0 radical (unpaired) electrons. The molecule has 0 amide bonds. The molecule has 0 spiro atoms. The van der Waals surface area contributed by atoms with E-state index in [0.29, 0.717) is 5.92 Å². The molecule has 0 aromatic carbocycles. The van der Waals surface area contributed by atoms with Crippen molar-refractivity contribution >= 4 is 0 Å². The van der Waals surface area contributed by atoms with E-state index >= 15 is 0 Å². The molecule has 1 rings (SSSR count). The first-order chi connectivity index (χ1) is 6.20. The lowest BCUT2D eigenvalue weighted by Crippen LogP contribution is -2.20. The van der Waals surface area contributed by atoms with E-state index < -0.39 is 0 Å². The van der Waals surface area contributed by atoms with E-state index in [2.05, 4.69) is 13.8 Å². The second-order valence-electron chi connectivity index (χ2n) is 3.36. The number of pyridine rings is 1. The van der Waals surface area contributed by atoms with Crippen molar-refractivity contribution in [2.75, 3.05) is 0 Å². The van der Waals surface area contributed by atoms with Crippen molar-refractivity contribution in [1.82, 2.24) is 4.57 Å². The molecular formula is C11H17NO. The van der Waals surface area contributed by atoms with E-state index in [9.17, 15) is 4.79 Å². The standard InChI is InChI=1S/C11H17NO/c1-4-9(5-2)10-7-6-8-11(13)12(10)3/h6-9H,4-5H2,1-3H3. The van der Waals surface area contributed by atoms with Crippen molar-refractivity contribution in [1.29, 1.82) is 0 Å². The van der Waals surface area contributed by atoms with Crippen LogP contribution in [0.2, 0.25) is 0 Å². The first kappa shape index (κ1) is 10.0. The van der Waals surface area contributed by atoms with Gasteiger partial charge < -0.3 is 4.57 Å². The summed E-state index contributed by atoms with van der Waals surface area (Å²) in [5.74, 6) is 0.513. The number of nitrogens with zero attached hydrogens (tertiary/aromatic N) is 1. The van der Waals surface area contributed by atoms with E-state index in [1.165, 1.54) is 0 Å². The predicted octanol–water partition coefficient (Wildman–Crippen LogP) is 2.29. The van der Waals surface area contributed by atoms with Crippen molar-refractivity contribution in [2.24, 2.45) is 7.05 Å². The molecular weight excluding hydrogens is 162 g/mol. The van der Waals surface area contributed by atoms with Crippen LogP contribution in [0.1, 0.15) is 38.3 Å². The summed E-state index contributed by atoms with van der Waals surface area (Å²) < 4.78 is 1.75. The van der Waals surface area contributed by atoms with E-state index in [1.54, 1.807) is 10.6 Å². The zero-order valence-electron chi connectivity index (χ0n) is 8.58. The van der Waals surface area contributed by atoms with Crippen LogP contribution >= 0.6 is 0 Å². The molecule has 0 bridgehead atoms. The highest BCUT2D eigenvalue weighted by molar-refractivity contribution is 5.11. The number of rotatable bonds is 3. The molecule has 0 aliphatic rings. The average Bonchev–Trinajstić information content (AvgIpc) is 2.14. The van der Waals surface area contributed by atoms with Crippen LogP contribution in [-0.2, 0) is 7.05 Å². The molecule has 1 aromatic rings. The first-order valence-electron chi connectivity index (χ1n) is 4.86. The van der Waals surface area contributed by atoms with Crippen molar-refractivity contribution < 1.29 is 0 Å². The average molecular weight is 179 g/mol. The van der Waals surface area contributed by atoms with Crippen LogP contribution in [0.4, 0.5) is 0 Å². The summed E-state index contributed by atoms with van der Waals surface area (Å²) in [7, 11) is 1.84. The topological polar surface area (TPSA) is 22.0 Å². The summed E-state index contributed by atoms with van der Waals surface area (Å²) in [5, 5.41) is 0. The molecule has 1 heterocycles. The molecule has 0 unspecified atom stereocenters. The Labute approximate surface area is 79.2 Å². The molecule has 2 heteroatoms. The Balaban J connectivity index is 3.13. The number of hydrogen-bond acceptors (Lipinski definition) is 1. The predicted molar refractivity (Wildman–Crippen MR) is 55.0 cm³/mol. The van der Waals surface area contributed by atoms with Gasteiger partial charge in [-0.2, -0.15) is 0 Å². The lowest BCUT2D eigenvalue weighted by molar-refractivity contribution is 0.584. The Morgan fingerprint density at radius 1 is 1.31 bits per heavy atom. The summed E-state index contributed by atoms with van der Waals surface area (Å²) in [5.41, 5.74) is 1.24. The summed E-state index contributed by atoms with van der Waals surface area (Å²) in [6, 6.07) is 5.49. The third-order valence-electron chi connectivity index (χ3n) is 2.63. The molecule has 1 aromatic heterocycles. The van der Waals surface area contributed by atoms with Crippen LogP contribution in [0.15, 0.2) is 23.0 Å². The normalized spacial score (nSPS) is 10.8. The summed E-state index contributed by atoms with van der Waals surface area (Å²) in [6.45, 7) is 4.32. The molecule has 0 aliphatic carbocycles. The molecule has 0 atom stereocenters. The van der Waals surface area contributed by atoms with E-state index in [-0.39, 0.29) is 5.56 Å². The Hall–Kier alpha value is -1.05. The van der Waals surface area contributed by atoms with E-state index in [0.717, 1.165) is 18.5 Å². The molecule has 2 nitrogen and oxygen atoms in total. The second kappa shape index (κ2) is 4.26. The summed E-state index contributed by atoms with van der Waals surface area (Å²) in [4.78, 5) is 11.3. The van der Waals surface area contributed by atoms with Crippen molar-refractivity contribution in [3.8, 4) is 0 Å². The van der Waals surface area contributed by atoms with Crippen LogP contribution < -0.4 is 5.56 Å². The molecule has 0 N–H and O–H groups in total. The van der Waals surface area contributed by atoms with Crippen molar-refractivity contribution in [3.63, 3.8) is 0 Å². The van der Waals surface area contributed by atoms with Gasteiger partial charge in [0.05, 0.1) is 0 Å². The highest BCUT2D eigenvalue weighted by Gasteiger charge is 2.09. The van der Waals surface area contributed by atoms with Gasteiger partial charge in [-0.3, -0.25) is 4.79 Å². The first-order valence-corrected chi connectivity index (χ1v) is 4.86. The fourth-order valence-electron chi connectivity index (χ4n) is 1.70. The summed E-state index contributed by atoms with van der Waals surface area (Å²) in [6.07, 6.45) is 2.18. The molecule has 0 saturated heterocycles. The fourth-order valence-corrected chi connectivity index (χ4v) is 1.70. The third-order valence-corrected chi connectivity index (χ3v) is 2.63. The molecule has 0 fully saturated rings. The zero-order valence-corrected chi connectivity index (χ0v) is 8.58. The third kappa shape index (κ3) is 2.00. The van der Waals surface area contributed by atoms with E-state index in [1.807, 2.05) is 19.2 Å². The van der Waals surface area contributed by atoms with Crippen molar-refractivity contribution in [3.05, 3.63) is 34.2 Å². The van der Waals surface area contributed by atoms with E-state index in [4.69, 9.17) is 0 Å². The van der Waals surface area contributed by atoms with Crippen LogP contribution in [0.25, 0.3) is 0 Å². The molecule has 13 heavy (non-hydrogen) atoms. The monoisotopic (exact) mass is 179 g/mol. The SMILES string of the molecule is CCC(CC)c1cccc(=O)n1C. The highest BCUT2D eigenvalue weighted by Crippen LogP contribution is 2.20. The number of aromatic nitrogens is 1. The molecule has 72 valence electrons. The maximum atomic E-state index is 11.3. The Kier molecular flexibility index (Phi) is 3.29. The van der Waals surface area contributed by atoms with Gasteiger partial charge in [0.25, 0.3) is 0 Å². The van der Waals surface area contributed by atoms with Gasteiger partial charge in [0.15, 0.2) is 0 Å². The Morgan fingerprint density at radius 2 is 1.92 bits per heavy atom. The van der Waals surface area contributed by atoms with Gasteiger partial charge in [-0.1, -0.05) is 19.9 Å². The minimum absolute atomic E-state index is 0.0874. The van der Waals surface area contributed by atoms with Gasteiger partial charge in [0, 0.05) is 18.8 Å². The Morgan fingerprint density at radius 3 is 2.46 bits per heavy atom. The quantitative estimate of drug-likeness (QED) is 0.697. The maximum absolute atomic E-state index is 11.3. The van der Waals surface area contributed by atoms with Crippen LogP contribution in [0.3, 0.4) is 0 Å². The van der Waals surface area contributed by atoms with Gasteiger partial charge in [0.1, 0.15) is 0 Å². The van der Waals surface area contributed by atoms with Crippen LogP contribution in [0, 0.1) is 0 Å². The van der Waals surface area contributed by atoms with Gasteiger partial charge in [-0.25, -0.2) is 0 Å². The largest absolute Gasteiger partial charge is 0.315 e. The Bertz CT molecular complexity index is 323. The van der Waals surface area contributed by atoms with Gasteiger partial charge in [-0.15, -0.1) is 0 Å². The molecule has 0 aliphatic heterocycles. The minimum Gasteiger partial charge on any atom is -0.315 e. The second-order valence-corrected chi connectivity index (χ2v) is 3.36.